The van der Waals surface area contributed by atoms with Crippen molar-refractivity contribution in [2.45, 2.75) is 32.6 Å². The molecule has 0 radical (unpaired) electrons. The molecule has 4 nitrogen and oxygen atoms in total. The van der Waals surface area contributed by atoms with Crippen LogP contribution in [0.3, 0.4) is 0 Å². The predicted molar refractivity (Wildman–Crippen MR) is 63.9 cm³/mol. The van der Waals surface area contributed by atoms with Crippen LogP contribution in [-0.4, -0.2) is 35.2 Å². The molecule has 4 heteroatoms. The summed E-state index contributed by atoms with van der Waals surface area (Å²) in [5.41, 5.74) is 7.81. The maximum atomic E-state index is 5.89. The van der Waals surface area contributed by atoms with Crippen molar-refractivity contribution >= 4 is 5.69 Å². The quantitative estimate of drug-likeness (QED) is 0.817. The van der Waals surface area contributed by atoms with E-state index in [1.165, 1.54) is 0 Å². The zero-order valence-corrected chi connectivity index (χ0v) is 9.89. The van der Waals surface area contributed by atoms with Crippen molar-refractivity contribution in [1.29, 1.82) is 0 Å². The molecule has 1 fully saturated rings. The van der Waals surface area contributed by atoms with E-state index in [0.717, 1.165) is 30.9 Å². The Morgan fingerprint density at radius 2 is 2.12 bits per heavy atom. The average Bonchev–Trinajstić information content (AvgIpc) is 2.20. The molecular weight excluding hydrogens is 202 g/mol. The van der Waals surface area contributed by atoms with Crippen LogP contribution < -0.4 is 5.73 Å². The average molecular weight is 221 g/mol. The molecule has 0 bridgehead atoms. The second kappa shape index (κ2) is 4.80. The fourth-order valence-electron chi connectivity index (χ4n) is 2.23. The van der Waals surface area contributed by atoms with Gasteiger partial charge in [0.2, 0.25) is 0 Å². The van der Waals surface area contributed by atoms with Gasteiger partial charge in [0.15, 0.2) is 0 Å². The van der Waals surface area contributed by atoms with Crippen molar-refractivity contribution in [3.8, 4) is 0 Å². The number of aromatic nitrogens is 1. The van der Waals surface area contributed by atoms with Gasteiger partial charge in [-0.3, -0.25) is 9.88 Å². The van der Waals surface area contributed by atoms with Crippen molar-refractivity contribution in [2.75, 3.05) is 18.8 Å². The standard InChI is InChI=1S/C12H19N3O/c1-9-6-15(7-10(2)16-9)8-11-3-4-14-5-12(11)13/h3-5,9-10H,6-8,13H2,1-2H3/t9-,10+. The molecule has 0 spiro atoms. The highest BCUT2D eigenvalue weighted by atomic mass is 16.5. The summed E-state index contributed by atoms with van der Waals surface area (Å²) in [7, 11) is 0. The lowest BCUT2D eigenvalue weighted by molar-refractivity contribution is -0.0704. The van der Waals surface area contributed by atoms with Gasteiger partial charge in [0.25, 0.3) is 0 Å². The number of hydrogen-bond donors (Lipinski definition) is 1. The third-order valence-electron chi connectivity index (χ3n) is 2.84. The van der Waals surface area contributed by atoms with Gasteiger partial charge in [0.1, 0.15) is 0 Å². The van der Waals surface area contributed by atoms with Gasteiger partial charge in [-0.05, 0) is 25.5 Å². The third-order valence-corrected chi connectivity index (χ3v) is 2.84. The molecule has 88 valence electrons. The molecule has 0 amide bonds. The Morgan fingerprint density at radius 3 is 2.75 bits per heavy atom. The van der Waals surface area contributed by atoms with E-state index < -0.39 is 0 Å². The van der Waals surface area contributed by atoms with Crippen molar-refractivity contribution in [2.24, 2.45) is 0 Å². The van der Waals surface area contributed by atoms with E-state index in [9.17, 15) is 0 Å². The van der Waals surface area contributed by atoms with Gasteiger partial charge in [-0.2, -0.15) is 0 Å². The van der Waals surface area contributed by atoms with Crippen LogP contribution in [0.4, 0.5) is 5.69 Å². The summed E-state index contributed by atoms with van der Waals surface area (Å²) in [4.78, 5) is 6.38. The first-order valence-corrected chi connectivity index (χ1v) is 5.71. The molecular formula is C12H19N3O. The Hall–Kier alpha value is -1.13. The van der Waals surface area contributed by atoms with Crippen LogP contribution in [0.2, 0.25) is 0 Å². The second-order valence-electron chi connectivity index (χ2n) is 4.53. The third kappa shape index (κ3) is 2.71. The van der Waals surface area contributed by atoms with E-state index in [2.05, 4.69) is 23.7 Å². The van der Waals surface area contributed by atoms with Crippen LogP contribution in [0.15, 0.2) is 18.5 Å². The largest absolute Gasteiger partial charge is 0.397 e. The Morgan fingerprint density at radius 1 is 1.44 bits per heavy atom. The van der Waals surface area contributed by atoms with E-state index in [1.807, 2.05) is 6.07 Å². The summed E-state index contributed by atoms with van der Waals surface area (Å²) in [6.07, 6.45) is 4.10. The Labute approximate surface area is 96.4 Å². The number of pyridine rings is 1. The van der Waals surface area contributed by atoms with E-state index in [0.29, 0.717) is 12.2 Å². The Bertz CT molecular complexity index is 346. The highest BCUT2D eigenvalue weighted by molar-refractivity contribution is 5.43. The molecule has 1 aliphatic rings. The fraction of sp³-hybridized carbons (Fsp3) is 0.583. The lowest BCUT2D eigenvalue weighted by Gasteiger charge is -2.35. The van der Waals surface area contributed by atoms with Gasteiger partial charge >= 0.3 is 0 Å². The molecule has 0 unspecified atom stereocenters. The minimum atomic E-state index is 0.298. The van der Waals surface area contributed by atoms with E-state index in [-0.39, 0.29) is 0 Å². The molecule has 2 rings (SSSR count). The number of nitrogens with two attached hydrogens (primary N) is 1. The monoisotopic (exact) mass is 221 g/mol. The molecule has 0 saturated carbocycles. The van der Waals surface area contributed by atoms with E-state index in [4.69, 9.17) is 10.5 Å². The van der Waals surface area contributed by atoms with Crippen molar-refractivity contribution in [1.82, 2.24) is 9.88 Å². The highest BCUT2D eigenvalue weighted by Crippen LogP contribution is 2.16. The van der Waals surface area contributed by atoms with Crippen molar-refractivity contribution in [3.05, 3.63) is 24.0 Å². The number of nitrogen functional groups attached to an aromatic ring is 1. The zero-order chi connectivity index (χ0) is 11.5. The normalized spacial score (nSPS) is 26.9. The minimum absolute atomic E-state index is 0.298. The lowest BCUT2D eigenvalue weighted by Crippen LogP contribution is -2.44. The number of ether oxygens (including phenoxy) is 1. The van der Waals surface area contributed by atoms with Gasteiger partial charge in [0.05, 0.1) is 24.1 Å². The number of nitrogens with zero attached hydrogens (tertiary/aromatic N) is 2. The second-order valence-corrected chi connectivity index (χ2v) is 4.53. The first-order valence-electron chi connectivity index (χ1n) is 5.71. The van der Waals surface area contributed by atoms with Gasteiger partial charge in [-0.15, -0.1) is 0 Å². The number of anilines is 1. The topological polar surface area (TPSA) is 51.4 Å². The molecule has 2 N–H and O–H groups in total. The Balaban J connectivity index is 2.02. The molecule has 1 aliphatic heterocycles. The Kier molecular flexibility index (Phi) is 3.41. The van der Waals surface area contributed by atoms with Crippen LogP contribution in [0, 0.1) is 0 Å². The van der Waals surface area contributed by atoms with Crippen LogP contribution in [-0.2, 0) is 11.3 Å². The van der Waals surface area contributed by atoms with Crippen LogP contribution in [0.5, 0.6) is 0 Å². The van der Waals surface area contributed by atoms with Gasteiger partial charge in [0, 0.05) is 25.8 Å². The number of hydrogen-bond acceptors (Lipinski definition) is 4. The first kappa shape index (κ1) is 11.4. The number of rotatable bonds is 2. The maximum absolute atomic E-state index is 5.89. The highest BCUT2D eigenvalue weighted by Gasteiger charge is 2.22. The SMILES string of the molecule is C[C@@H]1CN(Cc2ccncc2N)C[C@H](C)O1. The minimum Gasteiger partial charge on any atom is -0.397 e. The van der Waals surface area contributed by atoms with Crippen molar-refractivity contribution < 1.29 is 4.74 Å². The van der Waals surface area contributed by atoms with Gasteiger partial charge in [-0.25, -0.2) is 0 Å². The fourth-order valence-corrected chi connectivity index (χ4v) is 2.23. The molecule has 16 heavy (non-hydrogen) atoms. The summed E-state index contributed by atoms with van der Waals surface area (Å²) >= 11 is 0. The van der Waals surface area contributed by atoms with Gasteiger partial charge < -0.3 is 10.5 Å². The summed E-state index contributed by atoms with van der Waals surface area (Å²) < 4.78 is 5.70. The summed E-state index contributed by atoms with van der Waals surface area (Å²) in [6.45, 7) is 7.03. The molecule has 1 aromatic rings. The van der Waals surface area contributed by atoms with E-state index >= 15 is 0 Å². The summed E-state index contributed by atoms with van der Waals surface area (Å²) in [5.74, 6) is 0. The van der Waals surface area contributed by atoms with Crippen LogP contribution >= 0.6 is 0 Å². The number of morpholine rings is 1. The maximum Gasteiger partial charge on any atom is 0.0678 e. The molecule has 1 aromatic heterocycles. The summed E-state index contributed by atoms with van der Waals surface area (Å²) in [6, 6.07) is 1.99. The van der Waals surface area contributed by atoms with Crippen molar-refractivity contribution in [3.63, 3.8) is 0 Å². The smallest absolute Gasteiger partial charge is 0.0678 e. The van der Waals surface area contributed by atoms with E-state index in [1.54, 1.807) is 12.4 Å². The van der Waals surface area contributed by atoms with Crippen LogP contribution in [0.1, 0.15) is 19.4 Å². The predicted octanol–water partition coefficient (Wildman–Crippen LogP) is 1.27. The zero-order valence-electron chi connectivity index (χ0n) is 9.89. The summed E-state index contributed by atoms with van der Waals surface area (Å²) in [5, 5.41) is 0. The first-order chi connectivity index (χ1) is 7.65. The molecule has 2 atom stereocenters. The molecule has 0 aromatic carbocycles. The molecule has 2 heterocycles. The molecule has 1 saturated heterocycles. The molecule has 0 aliphatic carbocycles. The lowest BCUT2D eigenvalue weighted by atomic mass is 10.1. The van der Waals surface area contributed by atoms with Crippen LogP contribution in [0.25, 0.3) is 0 Å². The van der Waals surface area contributed by atoms with Gasteiger partial charge in [-0.1, -0.05) is 0 Å².